The highest BCUT2D eigenvalue weighted by Gasteiger charge is 2.60. The van der Waals surface area contributed by atoms with Gasteiger partial charge >= 0.3 is 6.09 Å². The Hall–Kier alpha value is -1.56. The molecular formula is C17H26N4O2. The number of nitrogens with zero attached hydrogens (tertiary/aromatic N) is 4. The molecule has 1 amide bonds. The maximum atomic E-state index is 12.2. The van der Waals surface area contributed by atoms with Crippen LogP contribution in [0.4, 0.5) is 4.79 Å². The zero-order valence-corrected chi connectivity index (χ0v) is 13.9. The van der Waals surface area contributed by atoms with Crippen LogP contribution >= 0.6 is 0 Å². The molecule has 2 aliphatic heterocycles. The number of likely N-dealkylation sites (tertiary alicyclic amines) is 2. The van der Waals surface area contributed by atoms with Gasteiger partial charge in [0.25, 0.3) is 0 Å². The van der Waals surface area contributed by atoms with Gasteiger partial charge in [-0.1, -0.05) is 6.42 Å². The van der Waals surface area contributed by atoms with E-state index in [-0.39, 0.29) is 12.3 Å². The second kappa shape index (κ2) is 5.82. The first kappa shape index (κ1) is 15.0. The lowest BCUT2D eigenvalue weighted by Crippen LogP contribution is -2.75. The fraction of sp³-hybridized carbons (Fsp3) is 0.765. The van der Waals surface area contributed by atoms with Crippen LogP contribution in [-0.4, -0.2) is 58.1 Å². The molecule has 1 atom stereocenters. The molecule has 0 radical (unpaired) electrons. The molecule has 1 spiro atoms. The fourth-order valence-corrected chi connectivity index (χ4v) is 4.62. The maximum Gasteiger partial charge on any atom is 0.411 e. The Morgan fingerprint density at radius 3 is 2.70 bits per heavy atom. The van der Waals surface area contributed by atoms with E-state index in [1.807, 2.05) is 24.1 Å². The Kier molecular flexibility index (Phi) is 3.79. The van der Waals surface area contributed by atoms with Gasteiger partial charge in [-0.3, -0.25) is 14.5 Å². The van der Waals surface area contributed by atoms with Crippen molar-refractivity contribution in [3.05, 3.63) is 18.5 Å². The second-order valence-electron chi connectivity index (χ2n) is 7.17. The van der Waals surface area contributed by atoms with Gasteiger partial charge in [-0.05, 0) is 38.7 Å². The standard InChI is InChI=1S/C17H26N4O2/c1-2-23-16(22)20-13-17(7-3-8-17)15(20)19-11-5-14(6-12-19)21-10-4-9-18-21/h4,9-10,14-15H,2-3,5-8,11-13H2,1H3. The van der Waals surface area contributed by atoms with Gasteiger partial charge in [-0.15, -0.1) is 0 Å². The summed E-state index contributed by atoms with van der Waals surface area (Å²) in [6, 6.07) is 2.49. The number of carbonyl (C=O) groups is 1. The molecule has 1 aromatic rings. The second-order valence-corrected chi connectivity index (χ2v) is 7.17. The summed E-state index contributed by atoms with van der Waals surface area (Å²) in [6.07, 6.45) is 10.1. The fourth-order valence-electron chi connectivity index (χ4n) is 4.62. The zero-order valence-electron chi connectivity index (χ0n) is 13.9. The molecule has 0 N–H and O–H groups in total. The molecule has 23 heavy (non-hydrogen) atoms. The van der Waals surface area contributed by atoms with Crippen molar-refractivity contribution in [2.45, 2.75) is 51.2 Å². The predicted molar refractivity (Wildman–Crippen MR) is 85.9 cm³/mol. The summed E-state index contributed by atoms with van der Waals surface area (Å²) in [5.74, 6) is 0. The van der Waals surface area contributed by atoms with Crippen LogP contribution in [0.3, 0.4) is 0 Å². The molecule has 0 bridgehead atoms. The molecular weight excluding hydrogens is 292 g/mol. The quantitative estimate of drug-likeness (QED) is 0.859. The number of amides is 1. The molecule has 2 saturated heterocycles. The summed E-state index contributed by atoms with van der Waals surface area (Å²) in [5.41, 5.74) is 0.352. The summed E-state index contributed by atoms with van der Waals surface area (Å²) in [4.78, 5) is 16.7. The van der Waals surface area contributed by atoms with Crippen molar-refractivity contribution >= 4 is 6.09 Å². The summed E-state index contributed by atoms with van der Waals surface area (Å²) in [7, 11) is 0. The van der Waals surface area contributed by atoms with Crippen LogP contribution in [0.15, 0.2) is 18.5 Å². The van der Waals surface area contributed by atoms with Crippen LogP contribution in [0.1, 0.15) is 45.1 Å². The third-order valence-electron chi connectivity index (χ3n) is 5.92. The largest absolute Gasteiger partial charge is 0.450 e. The number of aromatic nitrogens is 2. The highest BCUT2D eigenvalue weighted by Crippen LogP contribution is 2.54. The van der Waals surface area contributed by atoms with Gasteiger partial charge in [0.1, 0.15) is 0 Å². The lowest BCUT2D eigenvalue weighted by atomic mass is 9.60. The van der Waals surface area contributed by atoms with Crippen molar-refractivity contribution < 1.29 is 9.53 Å². The average molecular weight is 318 g/mol. The summed E-state index contributed by atoms with van der Waals surface area (Å²) in [5, 5.41) is 4.38. The highest BCUT2D eigenvalue weighted by atomic mass is 16.6. The van der Waals surface area contributed by atoms with Gasteiger partial charge in [0.2, 0.25) is 0 Å². The molecule has 3 heterocycles. The van der Waals surface area contributed by atoms with Crippen molar-refractivity contribution in [3.63, 3.8) is 0 Å². The van der Waals surface area contributed by atoms with Gasteiger partial charge in [0, 0.05) is 37.4 Å². The van der Waals surface area contributed by atoms with Gasteiger partial charge < -0.3 is 4.74 Å². The van der Waals surface area contributed by atoms with Crippen molar-refractivity contribution in [1.82, 2.24) is 19.6 Å². The smallest absolute Gasteiger partial charge is 0.411 e. The minimum Gasteiger partial charge on any atom is -0.450 e. The number of hydrogen-bond donors (Lipinski definition) is 0. The van der Waals surface area contributed by atoms with Gasteiger partial charge in [-0.2, -0.15) is 5.10 Å². The minimum atomic E-state index is -0.135. The first-order valence-electron chi connectivity index (χ1n) is 8.90. The molecule has 1 unspecified atom stereocenters. The lowest BCUT2D eigenvalue weighted by Gasteiger charge is -2.65. The molecule has 1 aromatic heterocycles. The molecule has 3 aliphatic rings. The van der Waals surface area contributed by atoms with Crippen LogP contribution in [0.25, 0.3) is 0 Å². The number of piperidine rings is 1. The molecule has 3 fully saturated rings. The molecule has 6 heteroatoms. The van der Waals surface area contributed by atoms with E-state index in [0.717, 1.165) is 32.5 Å². The van der Waals surface area contributed by atoms with Gasteiger partial charge in [0.15, 0.2) is 0 Å². The monoisotopic (exact) mass is 318 g/mol. The van der Waals surface area contributed by atoms with E-state index in [1.165, 1.54) is 19.3 Å². The normalized spacial score (nSPS) is 27.5. The van der Waals surface area contributed by atoms with Crippen LogP contribution < -0.4 is 0 Å². The molecule has 1 saturated carbocycles. The molecule has 4 rings (SSSR count). The third-order valence-corrected chi connectivity index (χ3v) is 5.92. The molecule has 1 aliphatic carbocycles. The van der Waals surface area contributed by atoms with Crippen LogP contribution in [0.5, 0.6) is 0 Å². The Morgan fingerprint density at radius 1 is 1.35 bits per heavy atom. The molecule has 126 valence electrons. The average Bonchev–Trinajstić information content (AvgIpc) is 3.00. The SMILES string of the molecule is CCOC(=O)N1CC2(CCC2)C1N1CCC(n2cccn2)CC1. The van der Waals surface area contributed by atoms with E-state index in [4.69, 9.17) is 4.74 Å². The zero-order chi connectivity index (χ0) is 15.9. The predicted octanol–water partition coefficient (Wildman–Crippen LogP) is 2.49. The Bertz CT molecular complexity index is 547. The maximum absolute atomic E-state index is 12.2. The summed E-state index contributed by atoms with van der Waals surface area (Å²) in [6.45, 7) is 5.28. The van der Waals surface area contributed by atoms with E-state index in [2.05, 4.69) is 20.9 Å². The van der Waals surface area contributed by atoms with E-state index in [9.17, 15) is 4.79 Å². The lowest BCUT2D eigenvalue weighted by molar-refractivity contribution is -0.183. The van der Waals surface area contributed by atoms with Gasteiger partial charge in [-0.25, -0.2) is 4.79 Å². The first-order chi connectivity index (χ1) is 11.2. The van der Waals surface area contributed by atoms with Crippen molar-refractivity contribution in [3.8, 4) is 0 Å². The minimum absolute atomic E-state index is 0.135. The van der Waals surface area contributed by atoms with Gasteiger partial charge in [0.05, 0.1) is 18.8 Å². The van der Waals surface area contributed by atoms with Crippen LogP contribution in [0.2, 0.25) is 0 Å². The van der Waals surface area contributed by atoms with Crippen LogP contribution in [0, 0.1) is 5.41 Å². The number of hydrogen-bond acceptors (Lipinski definition) is 4. The van der Waals surface area contributed by atoms with E-state index in [1.54, 1.807) is 0 Å². The molecule has 0 aromatic carbocycles. The molecule has 6 nitrogen and oxygen atoms in total. The van der Waals surface area contributed by atoms with E-state index >= 15 is 0 Å². The highest BCUT2D eigenvalue weighted by molar-refractivity contribution is 5.69. The Balaban J connectivity index is 1.42. The first-order valence-corrected chi connectivity index (χ1v) is 8.90. The van der Waals surface area contributed by atoms with E-state index < -0.39 is 0 Å². The van der Waals surface area contributed by atoms with Crippen LogP contribution in [-0.2, 0) is 4.74 Å². The van der Waals surface area contributed by atoms with Crippen molar-refractivity contribution in [2.24, 2.45) is 5.41 Å². The Labute approximate surface area is 137 Å². The summed E-state index contributed by atoms with van der Waals surface area (Å²) >= 11 is 0. The van der Waals surface area contributed by atoms with Crippen molar-refractivity contribution in [1.29, 1.82) is 0 Å². The summed E-state index contributed by atoms with van der Waals surface area (Å²) < 4.78 is 7.34. The third kappa shape index (κ3) is 2.43. The number of rotatable bonds is 3. The Morgan fingerprint density at radius 2 is 2.13 bits per heavy atom. The van der Waals surface area contributed by atoms with E-state index in [0.29, 0.717) is 18.1 Å². The number of carbonyl (C=O) groups excluding carboxylic acids is 1. The van der Waals surface area contributed by atoms with Crippen molar-refractivity contribution in [2.75, 3.05) is 26.2 Å². The topological polar surface area (TPSA) is 50.6 Å². The number of ether oxygens (including phenoxy) is 1.